The minimum atomic E-state index is -0.106. The third kappa shape index (κ3) is 4.04. The van der Waals surface area contributed by atoms with Gasteiger partial charge in [-0.1, -0.05) is 0 Å². The molecule has 0 atom stereocenters. The Kier molecular flexibility index (Phi) is 8.80. The third-order valence-electron chi connectivity index (χ3n) is 1.39. The molecule has 0 saturated carbocycles. The molecule has 0 fully saturated rings. The van der Waals surface area contributed by atoms with Gasteiger partial charge in [-0.15, -0.1) is 48.0 Å². The molecule has 0 heterocycles. The second-order valence-corrected chi connectivity index (χ2v) is 2.49. The number of carbonyl (C=O) groups is 1. The zero-order valence-corrected chi connectivity index (χ0v) is 11.6. The monoisotopic (exact) mass is 422 g/mol. The summed E-state index contributed by atoms with van der Waals surface area (Å²) in [5.41, 5.74) is 1.88. The molecule has 0 saturated heterocycles. The van der Waals surface area contributed by atoms with E-state index in [4.69, 9.17) is 0 Å². The molecule has 0 aromatic heterocycles. The van der Waals surface area contributed by atoms with E-state index < -0.39 is 0 Å². The number of halogens is 2. The van der Waals surface area contributed by atoms with Crippen LogP contribution >= 0.6 is 48.0 Å². The fourth-order valence-corrected chi connectivity index (χ4v) is 1.15. The number of allylic oxidation sites excluding steroid dienone is 4. The van der Waals surface area contributed by atoms with Gasteiger partial charge < -0.3 is 0 Å². The first-order valence-corrected chi connectivity index (χ1v) is 3.28. The Hall–Kier alpha value is 1.12. The van der Waals surface area contributed by atoms with E-state index in [0.29, 0.717) is 0 Å². The van der Waals surface area contributed by atoms with Crippen LogP contribution in [0.4, 0.5) is 0 Å². The summed E-state index contributed by atoms with van der Waals surface area (Å²) in [6.45, 7) is 1.92. The van der Waals surface area contributed by atoms with Crippen LogP contribution in [0.25, 0.3) is 0 Å². The smallest absolute Gasteiger partial charge is 0.107 e. The SMILES string of the molecule is CC1=C([C](=O)[Co])CC=C1.I.I. The topological polar surface area (TPSA) is 17.1 Å². The van der Waals surface area contributed by atoms with Crippen molar-refractivity contribution in [2.75, 3.05) is 0 Å². The summed E-state index contributed by atoms with van der Waals surface area (Å²) >= 11 is 3.76. The second-order valence-electron chi connectivity index (χ2n) is 2.02. The van der Waals surface area contributed by atoms with Gasteiger partial charge in [0.05, 0.1) is 0 Å². The van der Waals surface area contributed by atoms with E-state index in [-0.39, 0.29) is 52.7 Å². The molecule has 1 rings (SSSR count). The molecule has 66 valence electrons. The maximum Gasteiger partial charge on any atom is -0.107 e. The number of hydrogen-bond acceptors (Lipinski definition) is 1. The molecule has 1 nitrogen and oxygen atoms in total. The molecule has 0 unspecified atom stereocenters. The molecule has 0 spiro atoms. The molecule has 11 heavy (non-hydrogen) atoms. The Bertz CT molecular complexity index is 208. The maximum absolute atomic E-state index is 10.6. The van der Waals surface area contributed by atoms with Crippen molar-refractivity contribution >= 4 is 52.7 Å². The molecule has 0 aromatic rings. The average molecular weight is 422 g/mol. The predicted molar refractivity (Wildman–Crippen MR) is 62.3 cm³/mol. The quantitative estimate of drug-likeness (QED) is 0.595. The van der Waals surface area contributed by atoms with Crippen LogP contribution in [0.3, 0.4) is 0 Å². The summed E-state index contributed by atoms with van der Waals surface area (Å²) in [5.74, 6) is 0. The van der Waals surface area contributed by atoms with Gasteiger partial charge in [-0.2, -0.15) is 0 Å². The molecule has 1 aliphatic rings. The maximum atomic E-state index is 10.6. The van der Waals surface area contributed by atoms with Crippen LogP contribution in [0.1, 0.15) is 13.3 Å². The van der Waals surface area contributed by atoms with Crippen molar-refractivity contribution in [1.82, 2.24) is 0 Å². The molecule has 0 amide bonds. The summed E-state index contributed by atoms with van der Waals surface area (Å²) in [4.78, 5) is 10.6. The van der Waals surface area contributed by atoms with Gasteiger partial charge >= 0.3 is 61.9 Å². The summed E-state index contributed by atoms with van der Waals surface area (Å²) < 4.78 is -0.106. The molecule has 0 radical (unpaired) electrons. The summed E-state index contributed by atoms with van der Waals surface area (Å²) in [6.07, 6.45) is 4.67. The fraction of sp³-hybridized carbons (Fsp3) is 0.286. The zero-order chi connectivity index (χ0) is 6.85. The Morgan fingerprint density at radius 3 is 2.27 bits per heavy atom. The van der Waals surface area contributed by atoms with Crippen LogP contribution in [-0.4, -0.2) is 4.72 Å². The largest absolute Gasteiger partial charge is 0.107 e. The van der Waals surface area contributed by atoms with Crippen LogP contribution in [0, 0.1) is 0 Å². The van der Waals surface area contributed by atoms with Crippen LogP contribution in [-0.2, 0) is 20.5 Å². The molecule has 0 N–H and O–H groups in total. The van der Waals surface area contributed by atoms with E-state index in [1.807, 2.05) is 19.1 Å². The van der Waals surface area contributed by atoms with E-state index in [9.17, 15) is 4.79 Å². The van der Waals surface area contributed by atoms with E-state index in [1.54, 1.807) is 0 Å². The van der Waals surface area contributed by atoms with Gasteiger partial charge in [-0.25, -0.2) is 0 Å². The van der Waals surface area contributed by atoms with E-state index in [2.05, 4.69) is 15.7 Å². The molecular formula is C7H9CoI2O. The molecule has 0 aliphatic heterocycles. The van der Waals surface area contributed by atoms with Crippen molar-refractivity contribution in [1.29, 1.82) is 0 Å². The molecule has 0 aromatic carbocycles. The molecule has 0 bridgehead atoms. The Labute approximate surface area is 109 Å². The Morgan fingerprint density at radius 2 is 2.09 bits per heavy atom. The first-order valence-electron chi connectivity index (χ1n) is 2.75. The van der Waals surface area contributed by atoms with Gasteiger partial charge in [0.2, 0.25) is 0 Å². The van der Waals surface area contributed by atoms with Gasteiger partial charge in [-0.05, 0) is 0 Å². The van der Waals surface area contributed by atoms with Gasteiger partial charge in [0.25, 0.3) is 0 Å². The fourth-order valence-electron chi connectivity index (χ4n) is 0.837. The average Bonchev–Trinajstić information content (AvgIpc) is 2.13. The first-order chi connectivity index (χ1) is 4.22. The predicted octanol–water partition coefficient (Wildman–Crippen LogP) is 2.57. The third-order valence-corrected chi connectivity index (χ3v) is 1.70. The van der Waals surface area contributed by atoms with Crippen molar-refractivity contribution in [3.8, 4) is 0 Å². The number of rotatable bonds is 1. The van der Waals surface area contributed by atoms with Gasteiger partial charge in [0.15, 0.2) is 0 Å². The van der Waals surface area contributed by atoms with E-state index in [1.165, 1.54) is 0 Å². The first kappa shape index (κ1) is 14.6. The van der Waals surface area contributed by atoms with Crippen molar-refractivity contribution in [2.24, 2.45) is 0 Å². The molecule has 4 heteroatoms. The van der Waals surface area contributed by atoms with Crippen molar-refractivity contribution in [3.05, 3.63) is 23.3 Å². The minimum absolute atomic E-state index is 0. The van der Waals surface area contributed by atoms with Crippen molar-refractivity contribution < 1.29 is 20.5 Å². The van der Waals surface area contributed by atoms with Gasteiger partial charge in [0.1, 0.15) is 0 Å². The van der Waals surface area contributed by atoms with Gasteiger partial charge in [-0.3, -0.25) is 0 Å². The van der Waals surface area contributed by atoms with Crippen LogP contribution in [0.5, 0.6) is 0 Å². The number of hydrogen-bond donors (Lipinski definition) is 0. The second kappa shape index (κ2) is 6.61. The van der Waals surface area contributed by atoms with E-state index in [0.717, 1.165) is 17.6 Å². The zero-order valence-electron chi connectivity index (χ0n) is 5.92. The molecule has 1 aliphatic carbocycles. The Morgan fingerprint density at radius 1 is 1.55 bits per heavy atom. The van der Waals surface area contributed by atoms with E-state index >= 15 is 0 Å². The molecular weight excluding hydrogens is 413 g/mol. The summed E-state index contributed by atoms with van der Waals surface area (Å²) in [7, 11) is 0. The normalized spacial score (nSPS) is 14.1. The standard InChI is InChI=1S/C7H7O.Co.2HI/c1-6-3-2-4-7(6)5-8;;;/h2-3H,4H2,1H3;;2*1H. The summed E-state index contributed by atoms with van der Waals surface area (Å²) in [6, 6.07) is 0. The van der Waals surface area contributed by atoms with Gasteiger partial charge in [0, 0.05) is 0 Å². The minimum Gasteiger partial charge on any atom is -0.107 e. The Balaban J connectivity index is 0. The summed E-state index contributed by atoms with van der Waals surface area (Å²) in [5, 5.41) is 0. The van der Waals surface area contributed by atoms with Crippen LogP contribution in [0.15, 0.2) is 23.3 Å². The van der Waals surface area contributed by atoms with Crippen LogP contribution < -0.4 is 0 Å². The number of carbonyl (C=O) groups excluding carboxylic acids is 1. The van der Waals surface area contributed by atoms with Crippen molar-refractivity contribution in [2.45, 2.75) is 13.3 Å². The van der Waals surface area contributed by atoms with Crippen LogP contribution in [0.2, 0.25) is 0 Å². The van der Waals surface area contributed by atoms with Crippen molar-refractivity contribution in [3.63, 3.8) is 0 Å².